The molecule has 0 saturated heterocycles. The van der Waals surface area contributed by atoms with E-state index in [9.17, 15) is 0 Å². The highest BCUT2D eigenvalue weighted by Gasteiger charge is 2.14. The van der Waals surface area contributed by atoms with Crippen LogP contribution in [0.15, 0.2) is 30.5 Å². The summed E-state index contributed by atoms with van der Waals surface area (Å²) in [5.74, 6) is 1.67. The van der Waals surface area contributed by atoms with E-state index in [1.54, 1.807) is 6.26 Å². The van der Waals surface area contributed by atoms with E-state index in [4.69, 9.17) is 14.2 Å². The molecule has 1 unspecified atom stereocenters. The molecule has 0 saturated carbocycles. The molecule has 0 aromatic heterocycles. The van der Waals surface area contributed by atoms with Crippen LogP contribution in [0.3, 0.4) is 0 Å². The Kier molecular flexibility index (Phi) is 3.37. The predicted molar refractivity (Wildman–Crippen MR) is 67.5 cm³/mol. The number of benzene rings is 1. The van der Waals surface area contributed by atoms with Gasteiger partial charge in [-0.15, -0.1) is 0 Å². The standard InChI is InChI=1S/C14H17NO3/c1-2-6-16-12(3-1)9-15-8-11-4-5-13-14(7-11)18-10-17-13/h2,4-7,12,15H,1,3,8-10H2. The first-order valence-corrected chi connectivity index (χ1v) is 6.31. The Hall–Kier alpha value is -1.68. The zero-order valence-electron chi connectivity index (χ0n) is 10.2. The van der Waals surface area contributed by atoms with Crippen molar-refractivity contribution in [3.8, 4) is 11.5 Å². The number of hydrogen-bond acceptors (Lipinski definition) is 4. The van der Waals surface area contributed by atoms with E-state index in [-0.39, 0.29) is 0 Å². The number of fused-ring (bicyclic) bond motifs is 1. The van der Waals surface area contributed by atoms with Gasteiger partial charge in [-0.1, -0.05) is 6.07 Å². The summed E-state index contributed by atoms with van der Waals surface area (Å²) in [6.07, 6.45) is 6.36. The average molecular weight is 247 g/mol. The lowest BCUT2D eigenvalue weighted by molar-refractivity contribution is 0.122. The summed E-state index contributed by atoms with van der Waals surface area (Å²) in [7, 11) is 0. The first-order valence-electron chi connectivity index (χ1n) is 6.31. The van der Waals surface area contributed by atoms with Gasteiger partial charge in [-0.3, -0.25) is 0 Å². The normalized spacial score (nSPS) is 20.8. The lowest BCUT2D eigenvalue weighted by atomic mass is 10.1. The highest BCUT2D eigenvalue weighted by Crippen LogP contribution is 2.32. The first kappa shape index (κ1) is 11.4. The van der Waals surface area contributed by atoms with Crippen molar-refractivity contribution in [2.45, 2.75) is 25.5 Å². The number of ether oxygens (including phenoxy) is 3. The third-order valence-electron chi connectivity index (χ3n) is 3.16. The minimum Gasteiger partial charge on any atom is -0.497 e. The molecule has 2 aliphatic heterocycles. The smallest absolute Gasteiger partial charge is 0.231 e. The van der Waals surface area contributed by atoms with Crippen molar-refractivity contribution >= 4 is 0 Å². The van der Waals surface area contributed by atoms with Gasteiger partial charge in [0.15, 0.2) is 11.5 Å². The quantitative estimate of drug-likeness (QED) is 0.885. The van der Waals surface area contributed by atoms with Crippen molar-refractivity contribution in [3.05, 3.63) is 36.1 Å². The Bertz CT molecular complexity index is 445. The van der Waals surface area contributed by atoms with Crippen LogP contribution < -0.4 is 14.8 Å². The van der Waals surface area contributed by atoms with Gasteiger partial charge in [0.1, 0.15) is 6.10 Å². The van der Waals surface area contributed by atoms with Crippen molar-refractivity contribution in [1.82, 2.24) is 5.32 Å². The zero-order chi connectivity index (χ0) is 12.2. The Morgan fingerprint density at radius 3 is 3.06 bits per heavy atom. The van der Waals surface area contributed by atoms with Crippen LogP contribution in [-0.4, -0.2) is 19.4 Å². The Labute approximate surface area is 107 Å². The molecule has 0 bridgehead atoms. The van der Waals surface area contributed by atoms with Crippen LogP contribution in [0.5, 0.6) is 11.5 Å². The molecule has 0 amide bonds. The maximum absolute atomic E-state index is 5.50. The molecule has 3 rings (SSSR count). The molecule has 18 heavy (non-hydrogen) atoms. The molecule has 2 aliphatic rings. The second-order valence-electron chi connectivity index (χ2n) is 4.53. The molecule has 0 radical (unpaired) electrons. The summed E-state index contributed by atoms with van der Waals surface area (Å²) >= 11 is 0. The van der Waals surface area contributed by atoms with E-state index in [0.717, 1.165) is 37.4 Å². The highest BCUT2D eigenvalue weighted by atomic mass is 16.7. The van der Waals surface area contributed by atoms with Crippen LogP contribution in [0.1, 0.15) is 18.4 Å². The van der Waals surface area contributed by atoms with Gasteiger partial charge in [0.25, 0.3) is 0 Å². The topological polar surface area (TPSA) is 39.7 Å². The molecule has 0 spiro atoms. The molecule has 1 N–H and O–H groups in total. The van der Waals surface area contributed by atoms with Crippen LogP contribution in [0.25, 0.3) is 0 Å². The van der Waals surface area contributed by atoms with Crippen LogP contribution >= 0.6 is 0 Å². The van der Waals surface area contributed by atoms with Crippen molar-refractivity contribution in [2.24, 2.45) is 0 Å². The summed E-state index contributed by atoms with van der Waals surface area (Å²) in [4.78, 5) is 0. The predicted octanol–water partition coefficient (Wildman–Crippen LogP) is 2.20. The molecule has 1 aromatic carbocycles. The molecule has 2 heterocycles. The number of hydrogen-bond donors (Lipinski definition) is 1. The molecule has 96 valence electrons. The van der Waals surface area contributed by atoms with Crippen LogP contribution in [-0.2, 0) is 11.3 Å². The maximum atomic E-state index is 5.50. The van der Waals surface area contributed by atoms with Gasteiger partial charge in [-0.05, 0) is 36.6 Å². The summed E-state index contributed by atoms with van der Waals surface area (Å²) < 4.78 is 16.1. The van der Waals surface area contributed by atoms with Gasteiger partial charge in [0.2, 0.25) is 6.79 Å². The highest BCUT2D eigenvalue weighted by molar-refractivity contribution is 5.44. The number of rotatable bonds is 4. The van der Waals surface area contributed by atoms with Gasteiger partial charge >= 0.3 is 0 Å². The summed E-state index contributed by atoms with van der Waals surface area (Å²) in [6, 6.07) is 6.04. The van der Waals surface area contributed by atoms with Gasteiger partial charge < -0.3 is 19.5 Å². The molecule has 4 nitrogen and oxygen atoms in total. The zero-order valence-corrected chi connectivity index (χ0v) is 10.2. The second kappa shape index (κ2) is 5.31. The average Bonchev–Trinajstić information content (AvgIpc) is 2.87. The molecular formula is C14H17NO3. The molecule has 0 aliphatic carbocycles. The van der Waals surface area contributed by atoms with Gasteiger partial charge in [-0.25, -0.2) is 0 Å². The lowest BCUT2D eigenvalue weighted by Gasteiger charge is -2.19. The minimum absolute atomic E-state index is 0.295. The number of allylic oxidation sites excluding steroid dienone is 1. The molecule has 4 heteroatoms. The second-order valence-corrected chi connectivity index (χ2v) is 4.53. The minimum atomic E-state index is 0.295. The Morgan fingerprint density at radius 2 is 2.17 bits per heavy atom. The SMILES string of the molecule is C1=COC(CNCc2ccc3c(c2)OCO3)CC1. The van der Waals surface area contributed by atoms with E-state index in [2.05, 4.69) is 17.5 Å². The molecule has 0 fully saturated rings. The first-order chi connectivity index (χ1) is 8.92. The van der Waals surface area contributed by atoms with E-state index in [1.165, 1.54) is 5.56 Å². The monoisotopic (exact) mass is 247 g/mol. The van der Waals surface area contributed by atoms with E-state index < -0.39 is 0 Å². The third-order valence-corrected chi connectivity index (χ3v) is 3.16. The summed E-state index contributed by atoms with van der Waals surface area (Å²) in [5, 5.41) is 3.41. The molecule has 1 aromatic rings. The van der Waals surface area contributed by atoms with Crippen molar-refractivity contribution in [2.75, 3.05) is 13.3 Å². The lowest BCUT2D eigenvalue weighted by Crippen LogP contribution is -2.28. The van der Waals surface area contributed by atoms with Gasteiger partial charge in [-0.2, -0.15) is 0 Å². The van der Waals surface area contributed by atoms with Crippen LogP contribution in [0.2, 0.25) is 0 Å². The van der Waals surface area contributed by atoms with Gasteiger partial charge in [0.05, 0.1) is 6.26 Å². The molecule has 1 atom stereocenters. The summed E-state index contributed by atoms with van der Waals surface area (Å²) in [5.41, 5.74) is 1.20. The fourth-order valence-electron chi connectivity index (χ4n) is 2.16. The van der Waals surface area contributed by atoms with Crippen molar-refractivity contribution in [3.63, 3.8) is 0 Å². The van der Waals surface area contributed by atoms with E-state index in [1.807, 2.05) is 12.1 Å². The van der Waals surface area contributed by atoms with E-state index >= 15 is 0 Å². The van der Waals surface area contributed by atoms with Crippen molar-refractivity contribution < 1.29 is 14.2 Å². The number of nitrogens with one attached hydrogen (secondary N) is 1. The Morgan fingerprint density at radius 1 is 1.22 bits per heavy atom. The van der Waals surface area contributed by atoms with Crippen LogP contribution in [0, 0.1) is 0 Å². The largest absolute Gasteiger partial charge is 0.497 e. The van der Waals surface area contributed by atoms with Crippen molar-refractivity contribution in [1.29, 1.82) is 0 Å². The maximum Gasteiger partial charge on any atom is 0.231 e. The van der Waals surface area contributed by atoms with Gasteiger partial charge in [0, 0.05) is 13.1 Å². The fraction of sp³-hybridized carbons (Fsp3) is 0.429. The van der Waals surface area contributed by atoms with E-state index in [0.29, 0.717) is 12.9 Å². The molecular weight excluding hydrogens is 230 g/mol. The van der Waals surface area contributed by atoms with Crippen LogP contribution in [0.4, 0.5) is 0 Å². The Balaban J connectivity index is 1.49. The fourth-order valence-corrected chi connectivity index (χ4v) is 2.16. The summed E-state index contributed by atoms with van der Waals surface area (Å²) in [6.45, 7) is 2.02. The third kappa shape index (κ3) is 2.59.